The van der Waals surface area contributed by atoms with Gasteiger partial charge in [-0.15, -0.1) is 0 Å². The van der Waals surface area contributed by atoms with Gasteiger partial charge >= 0.3 is 0 Å². The summed E-state index contributed by atoms with van der Waals surface area (Å²) in [6.07, 6.45) is 3.86. The number of carbonyl (C=O) groups excluding carboxylic acids is 3. The second-order valence-electron chi connectivity index (χ2n) is 17.8. The molecule has 4 aliphatic heterocycles. The second-order valence-corrected chi connectivity index (χ2v) is 17.8. The monoisotopic (exact) mass is 796 g/mol. The molecule has 304 valence electrons. The highest BCUT2D eigenvalue weighted by Gasteiger charge is 2.55. The van der Waals surface area contributed by atoms with Crippen LogP contribution >= 0.6 is 0 Å². The van der Waals surface area contributed by atoms with Gasteiger partial charge in [-0.3, -0.25) is 24.2 Å². The molecule has 6 aliphatic rings. The quantitative estimate of drug-likeness (QED) is 0.146. The van der Waals surface area contributed by atoms with E-state index in [9.17, 15) is 23.2 Å². The fourth-order valence-corrected chi connectivity index (χ4v) is 10.9. The van der Waals surface area contributed by atoms with Crippen LogP contribution in [0.4, 0.5) is 23.2 Å². The number of aromatic amines is 1. The summed E-state index contributed by atoms with van der Waals surface area (Å²) in [5.41, 5.74) is 5.54. The standard InChI is InChI=1S/C45H48F4N6O3/c1-51(30-6-7-30)44(58)35-15-27-21-54(20-26(27)14-28(35)23-56)31-8-11-52(12-9-31)43(57)29-18-45(19-29)24-55(25-45)32-16-36(46)40(37(47)17-32)42-41-34(10-13-53(42)22-39(48)49)33-4-2-3-5-38(33)50-41/h2-5,14-17,23,29-31,39,42,50H,6-13,18-22,24-25H2,1H3/t42-/m1/s1. The number of halogens is 4. The SMILES string of the molecule is CN(C(=O)c1cc2c(cc1C=O)CN(C1CCN(C(=O)C3CC4(C3)CN(c3cc(F)c([C@@H]5c6[nH]c7ccccc7c6CCN5CC(F)F)c(F)c3)C4)CC1)C2)C1CC1. The smallest absolute Gasteiger partial charge is 0.254 e. The van der Waals surface area contributed by atoms with Crippen molar-refractivity contribution in [2.24, 2.45) is 11.3 Å². The average molecular weight is 797 g/mol. The Balaban J connectivity index is 0.745. The Labute approximate surface area is 334 Å². The van der Waals surface area contributed by atoms with Crippen LogP contribution in [0.2, 0.25) is 0 Å². The Morgan fingerprint density at radius 1 is 0.948 bits per heavy atom. The average Bonchev–Trinajstić information content (AvgIpc) is 3.84. The topological polar surface area (TPSA) is 83.2 Å². The molecule has 58 heavy (non-hydrogen) atoms. The summed E-state index contributed by atoms with van der Waals surface area (Å²) in [4.78, 5) is 51.6. The number of nitrogens with one attached hydrogen (secondary N) is 1. The second kappa shape index (κ2) is 14.2. The van der Waals surface area contributed by atoms with E-state index in [-0.39, 0.29) is 41.3 Å². The van der Waals surface area contributed by atoms with Crippen LogP contribution in [0.5, 0.6) is 0 Å². The van der Waals surface area contributed by atoms with Crippen LogP contribution in [0.3, 0.4) is 0 Å². The molecule has 1 aromatic heterocycles. The van der Waals surface area contributed by atoms with Gasteiger partial charge in [0.15, 0.2) is 6.29 Å². The minimum atomic E-state index is -2.65. The Kier molecular flexibility index (Phi) is 9.20. The number of alkyl halides is 2. The Bertz CT molecular complexity index is 2280. The van der Waals surface area contributed by atoms with Crippen molar-refractivity contribution in [3.8, 4) is 0 Å². The lowest BCUT2D eigenvalue weighted by atomic mass is 9.57. The van der Waals surface area contributed by atoms with Crippen LogP contribution in [-0.4, -0.2) is 108 Å². The van der Waals surface area contributed by atoms with E-state index in [0.717, 1.165) is 85.5 Å². The molecule has 5 heterocycles. The number of para-hydroxylation sites is 1. The summed E-state index contributed by atoms with van der Waals surface area (Å²) in [5, 5.41) is 0.940. The van der Waals surface area contributed by atoms with Crippen LogP contribution in [0.15, 0.2) is 48.5 Å². The highest BCUT2D eigenvalue weighted by molar-refractivity contribution is 6.02. The van der Waals surface area contributed by atoms with Gasteiger partial charge in [-0.05, 0) is 92.0 Å². The third-order valence-electron chi connectivity index (χ3n) is 14.2. The van der Waals surface area contributed by atoms with E-state index < -0.39 is 30.6 Å². The van der Waals surface area contributed by atoms with Crippen LogP contribution in [0.1, 0.15) is 93.2 Å². The minimum absolute atomic E-state index is 0.0592. The maximum atomic E-state index is 16.1. The van der Waals surface area contributed by atoms with E-state index in [1.807, 2.05) is 53.2 Å². The normalized spacial score (nSPS) is 22.3. The maximum absolute atomic E-state index is 16.1. The first-order chi connectivity index (χ1) is 28.0. The molecular weight excluding hydrogens is 749 g/mol. The largest absolute Gasteiger partial charge is 0.370 e. The molecule has 13 heteroatoms. The number of carbonyl (C=O) groups is 3. The van der Waals surface area contributed by atoms with Gasteiger partial charge in [0.2, 0.25) is 5.91 Å². The van der Waals surface area contributed by atoms with Crippen LogP contribution in [0.25, 0.3) is 10.9 Å². The molecule has 2 saturated carbocycles. The van der Waals surface area contributed by atoms with E-state index in [2.05, 4.69) is 9.88 Å². The lowest BCUT2D eigenvalue weighted by Crippen LogP contribution is -2.64. The van der Waals surface area contributed by atoms with E-state index in [1.165, 1.54) is 17.0 Å². The highest BCUT2D eigenvalue weighted by Crippen LogP contribution is 2.54. The molecule has 3 aromatic carbocycles. The van der Waals surface area contributed by atoms with E-state index >= 15 is 8.78 Å². The summed E-state index contributed by atoms with van der Waals surface area (Å²) in [6.45, 7) is 3.70. The summed E-state index contributed by atoms with van der Waals surface area (Å²) in [7, 11) is 1.81. The van der Waals surface area contributed by atoms with Crippen LogP contribution < -0.4 is 4.90 Å². The van der Waals surface area contributed by atoms with Gasteiger partial charge in [-0.2, -0.15) is 0 Å². The number of hydrogen-bond acceptors (Lipinski definition) is 6. The predicted molar refractivity (Wildman–Crippen MR) is 211 cm³/mol. The van der Waals surface area contributed by atoms with Crippen LogP contribution in [0, 0.1) is 23.0 Å². The third-order valence-corrected chi connectivity index (χ3v) is 14.2. The Morgan fingerprint density at radius 2 is 1.64 bits per heavy atom. The molecule has 0 radical (unpaired) electrons. The van der Waals surface area contributed by atoms with Crippen molar-refractivity contribution >= 4 is 34.7 Å². The minimum Gasteiger partial charge on any atom is -0.370 e. The zero-order valence-electron chi connectivity index (χ0n) is 32.7. The molecule has 4 fully saturated rings. The number of likely N-dealkylation sites (tertiary alicyclic amines) is 1. The molecule has 1 spiro atoms. The molecule has 10 rings (SSSR count). The van der Waals surface area contributed by atoms with E-state index in [4.69, 9.17) is 0 Å². The Hall–Kier alpha value is -4.75. The van der Waals surface area contributed by atoms with Crippen molar-refractivity contribution in [3.63, 3.8) is 0 Å². The number of anilines is 1. The third kappa shape index (κ3) is 6.40. The fraction of sp³-hybridized carbons (Fsp3) is 0.489. The number of hydrogen-bond donors (Lipinski definition) is 1. The number of benzene rings is 3. The lowest BCUT2D eigenvalue weighted by molar-refractivity contribution is -0.146. The van der Waals surface area contributed by atoms with Crippen molar-refractivity contribution in [2.45, 2.75) is 82.6 Å². The highest BCUT2D eigenvalue weighted by atomic mass is 19.3. The molecule has 1 atom stereocenters. The van der Waals surface area contributed by atoms with Crippen molar-refractivity contribution in [3.05, 3.63) is 99.2 Å². The number of rotatable bonds is 9. The zero-order valence-corrected chi connectivity index (χ0v) is 32.7. The van der Waals surface area contributed by atoms with Gasteiger partial charge in [0.1, 0.15) is 11.6 Å². The molecule has 2 aliphatic carbocycles. The molecular formula is C45H48F4N6O3. The number of amides is 2. The lowest BCUT2D eigenvalue weighted by Gasteiger charge is -2.60. The molecule has 1 N–H and O–H groups in total. The first kappa shape index (κ1) is 37.5. The van der Waals surface area contributed by atoms with E-state index in [1.54, 1.807) is 4.90 Å². The zero-order chi connectivity index (χ0) is 40.0. The Morgan fingerprint density at radius 3 is 2.31 bits per heavy atom. The number of nitrogens with zero attached hydrogens (tertiary/aromatic N) is 5. The molecule has 0 unspecified atom stereocenters. The number of fused-ring (bicyclic) bond motifs is 4. The number of aromatic nitrogens is 1. The first-order valence-electron chi connectivity index (χ1n) is 20.8. The molecule has 9 nitrogen and oxygen atoms in total. The summed E-state index contributed by atoms with van der Waals surface area (Å²) in [6, 6.07) is 13.6. The van der Waals surface area contributed by atoms with Gasteiger partial charge < -0.3 is 19.7 Å². The van der Waals surface area contributed by atoms with Gasteiger partial charge in [-0.25, -0.2) is 17.6 Å². The summed E-state index contributed by atoms with van der Waals surface area (Å²) >= 11 is 0. The van der Waals surface area contributed by atoms with Gasteiger partial charge in [0.05, 0.1) is 18.2 Å². The molecule has 2 amide bonds. The van der Waals surface area contributed by atoms with Gasteiger partial charge in [0, 0.05) is 110 Å². The summed E-state index contributed by atoms with van der Waals surface area (Å²) < 4.78 is 59.6. The molecule has 2 saturated heterocycles. The molecule has 0 bridgehead atoms. The number of aldehydes is 1. The molecule has 4 aromatic rings. The van der Waals surface area contributed by atoms with Gasteiger partial charge in [0.25, 0.3) is 12.3 Å². The maximum Gasteiger partial charge on any atom is 0.254 e. The van der Waals surface area contributed by atoms with Crippen molar-refractivity contribution < 1.29 is 31.9 Å². The first-order valence-corrected chi connectivity index (χ1v) is 20.8. The van der Waals surface area contributed by atoms with Crippen molar-refractivity contribution in [1.82, 2.24) is 24.6 Å². The van der Waals surface area contributed by atoms with Crippen molar-refractivity contribution in [2.75, 3.05) is 51.2 Å². The van der Waals surface area contributed by atoms with Crippen molar-refractivity contribution in [1.29, 1.82) is 0 Å². The predicted octanol–water partition coefficient (Wildman–Crippen LogP) is 6.93. The number of piperidine rings is 1. The van der Waals surface area contributed by atoms with Gasteiger partial charge in [-0.1, -0.05) is 18.2 Å². The van der Waals surface area contributed by atoms with E-state index in [0.29, 0.717) is 61.1 Å². The number of H-pyrrole nitrogens is 1. The van der Waals surface area contributed by atoms with Crippen LogP contribution in [-0.2, 0) is 24.3 Å². The fourth-order valence-electron chi connectivity index (χ4n) is 10.9. The summed E-state index contributed by atoms with van der Waals surface area (Å²) in [5.74, 6) is -1.47.